The van der Waals surface area contributed by atoms with Crippen molar-refractivity contribution in [2.24, 2.45) is 5.92 Å². The number of nitrogens with one attached hydrogen (secondary N) is 3. The standard InChI is InChI=1S/C10H19N3OS/c14-10(12-7-8-5-11-6-8)13-9-1-3-15-4-2-9/h8-9,11H,1-7H2,(H2,12,13,14). The molecule has 0 aromatic heterocycles. The number of thioether (sulfide) groups is 1. The van der Waals surface area contributed by atoms with Crippen molar-refractivity contribution in [1.82, 2.24) is 16.0 Å². The highest BCUT2D eigenvalue weighted by molar-refractivity contribution is 7.99. The molecule has 0 bridgehead atoms. The van der Waals surface area contributed by atoms with Gasteiger partial charge in [-0.25, -0.2) is 4.79 Å². The molecule has 2 saturated heterocycles. The second kappa shape index (κ2) is 5.61. The average Bonchev–Trinajstić information content (AvgIpc) is 2.17. The first-order valence-corrected chi connectivity index (χ1v) is 6.83. The lowest BCUT2D eigenvalue weighted by atomic mass is 10.0. The number of amides is 2. The van der Waals surface area contributed by atoms with Crippen molar-refractivity contribution < 1.29 is 4.79 Å². The first-order chi connectivity index (χ1) is 7.34. The van der Waals surface area contributed by atoms with E-state index in [1.54, 1.807) is 0 Å². The molecule has 0 aromatic rings. The average molecular weight is 229 g/mol. The van der Waals surface area contributed by atoms with Crippen LogP contribution in [0.3, 0.4) is 0 Å². The molecule has 0 radical (unpaired) electrons. The molecule has 2 heterocycles. The van der Waals surface area contributed by atoms with Crippen LogP contribution < -0.4 is 16.0 Å². The van der Waals surface area contributed by atoms with Gasteiger partial charge in [0.2, 0.25) is 0 Å². The van der Waals surface area contributed by atoms with E-state index in [1.165, 1.54) is 11.5 Å². The van der Waals surface area contributed by atoms with E-state index in [4.69, 9.17) is 0 Å². The zero-order chi connectivity index (χ0) is 10.5. The van der Waals surface area contributed by atoms with Crippen LogP contribution in [0.4, 0.5) is 4.79 Å². The van der Waals surface area contributed by atoms with Crippen LogP contribution >= 0.6 is 11.8 Å². The van der Waals surface area contributed by atoms with Crippen LogP contribution in [-0.2, 0) is 0 Å². The molecule has 5 heteroatoms. The summed E-state index contributed by atoms with van der Waals surface area (Å²) >= 11 is 1.98. The van der Waals surface area contributed by atoms with E-state index >= 15 is 0 Å². The maximum Gasteiger partial charge on any atom is 0.315 e. The third-order valence-corrected chi connectivity index (χ3v) is 4.02. The van der Waals surface area contributed by atoms with Gasteiger partial charge >= 0.3 is 6.03 Å². The van der Waals surface area contributed by atoms with Gasteiger partial charge in [0.15, 0.2) is 0 Å². The lowest BCUT2D eigenvalue weighted by Gasteiger charge is -2.28. The Labute approximate surface area is 94.9 Å². The topological polar surface area (TPSA) is 53.2 Å². The Morgan fingerprint density at radius 1 is 1.33 bits per heavy atom. The van der Waals surface area contributed by atoms with Gasteiger partial charge in [0.1, 0.15) is 0 Å². The van der Waals surface area contributed by atoms with Gasteiger partial charge in [-0.3, -0.25) is 0 Å². The number of hydrogen-bond acceptors (Lipinski definition) is 3. The number of rotatable bonds is 3. The van der Waals surface area contributed by atoms with Crippen LogP contribution in [0.15, 0.2) is 0 Å². The highest BCUT2D eigenvalue weighted by atomic mass is 32.2. The second-order valence-electron chi connectivity index (χ2n) is 4.27. The van der Waals surface area contributed by atoms with Gasteiger partial charge in [-0.1, -0.05) is 0 Å². The number of carbonyl (C=O) groups is 1. The Kier molecular flexibility index (Phi) is 4.14. The minimum atomic E-state index is 0.0128. The van der Waals surface area contributed by atoms with Crippen LogP contribution in [0.5, 0.6) is 0 Å². The smallest absolute Gasteiger partial charge is 0.315 e. The summed E-state index contributed by atoms with van der Waals surface area (Å²) in [6.07, 6.45) is 2.23. The van der Waals surface area contributed by atoms with Crippen molar-refractivity contribution in [3.8, 4) is 0 Å². The van der Waals surface area contributed by atoms with Crippen molar-refractivity contribution >= 4 is 17.8 Å². The summed E-state index contributed by atoms with van der Waals surface area (Å²) in [6.45, 7) is 2.89. The van der Waals surface area contributed by atoms with Crippen molar-refractivity contribution in [2.45, 2.75) is 18.9 Å². The van der Waals surface area contributed by atoms with Crippen LogP contribution in [-0.4, -0.2) is 43.2 Å². The molecule has 2 fully saturated rings. The predicted octanol–water partition coefficient (Wildman–Crippen LogP) is 0.401. The fourth-order valence-electron chi connectivity index (χ4n) is 1.81. The normalized spacial score (nSPS) is 23.2. The highest BCUT2D eigenvalue weighted by Crippen LogP contribution is 2.16. The largest absolute Gasteiger partial charge is 0.338 e. The molecule has 86 valence electrons. The van der Waals surface area contributed by atoms with E-state index in [-0.39, 0.29) is 6.03 Å². The summed E-state index contributed by atoms with van der Waals surface area (Å²) in [4.78, 5) is 11.5. The van der Waals surface area contributed by atoms with Crippen LogP contribution in [0.25, 0.3) is 0 Å². The Balaban J connectivity index is 1.58. The lowest BCUT2D eigenvalue weighted by molar-refractivity contribution is 0.230. The van der Waals surface area contributed by atoms with Crippen LogP contribution in [0.1, 0.15) is 12.8 Å². The molecule has 0 saturated carbocycles. The first-order valence-electron chi connectivity index (χ1n) is 5.67. The van der Waals surface area contributed by atoms with Crippen molar-refractivity contribution in [2.75, 3.05) is 31.1 Å². The Morgan fingerprint density at radius 3 is 2.67 bits per heavy atom. The van der Waals surface area contributed by atoms with E-state index in [0.29, 0.717) is 12.0 Å². The van der Waals surface area contributed by atoms with E-state index < -0.39 is 0 Å². The van der Waals surface area contributed by atoms with Crippen molar-refractivity contribution in [3.05, 3.63) is 0 Å². The summed E-state index contributed by atoms with van der Waals surface area (Å²) in [5, 5.41) is 9.17. The second-order valence-corrected chi connectivity index (χ2v) is 5.49. The third-order valence-electron chi connectivity index (χ3n) is 2.97. The minimum Gasteiger partial charge on any atom is -0.338 e. The molecule has 0 atom stereocenters. The maximum atomic E-state index is 11.5. The molecule has 0 unspecified atom stereocenters. The van der Waals surface area contributed by atoms with E-state index in [0.717, 1.165) is 32.5 Å². The van der Waals surface area contributed by atoms with Gasteiger partial charge in [0.05, 0.1) is 0 Å². The van der Waals surface area contributed by atoms with Gasteiger partial charge in [0.25, 0.3) is 0 Å². The highest BCUT2D eigenvalue weighted by Gasteiger charge is 2.19. The summed E-state index contributed by atoms with van der Waals surface area (Å²) in [6, 6.07) is 0.407. The molecule has 0 aliphatic carbocycles. The quantitative estimate of drug-likeness (QED) is 0.656. The summed E-state index contributed by atoms with van der Waals surface area (Å²) in [5.74, 6) is 2.99. The van der Waals surface area contributed by atoms with Crippen molar-refractivity contribution in [3.63, 3.8) is 0 Å². The number of hydrogen-bond donors (Lipinski definition) is 3. The summed E-state index contributed by atoms with van der Waals surface area (Å²) in [5.41, 5.74) is 0. The molecular weight excluding hydrogens is 210 g/mol. The van der Waals surface area contributed by atoms with Gasteiger partial charge in [-0.15, -0.1) is 0 Å². The molecular formula is C10H19N3OS. The fourth-order valence-corrected chi connectivity index (χ4v) is 2.91. The van der Waals surface area contributed by atoms with E-state index in [2.05, 4.69) is 16.0 Å². The van der Waals surface area contributed by atoms with Crippen molar-refractivity contribution in [1.29, 1.82) is 0 Å². The first kappa shape index (κ1) is 11.1. The van der Waals surface area contributed by atoms with Gasteiger partial charge in [-0.2, -0.15) is 11.8 Å². The molecule has 2 rings (SSSR count). The molecule has 2 amide bonds. The van der Waals surface area contributed by atoms with Gasteiger partial charge < -0.3 is 16.0 Å². The fraction of sp³-hybridized carbons (Fsp3) is 0.900. The maximum absolute atomic E-state index is 11.5. The zero-order valence-corrected chi connectivity index (χ0v) is 9.74. The molecule has 4 nitrogen and oxygen atoms in total. The molecule has 3 N–H and O–H groups in total. The number of carbonyl (C=O) groups excluding carboxylic acids is 1. The Hall–Kier alpha value is -0.420. The third kappa shape index (κ3) is 3.57. The molecule has 15 heavy (non-hydrogen) atoms. The molecule has 0 aromatic carbocycles. The Bertz CT molecular complexity index is 215. The number of urea groups is 1. The zero-order valence-electron chi connectivity index (χ0n) is 8.92. The van der Waals surface area contributed by atoms with Gasteiger partial charge in [-0.05, 0) is 24.3 Å². The van der Waals surface area contributed by atoms with Crippen LogP contribution in [0.2, 0.25) is 0 Å². The minimum absolute atomic E-state index is 0.0128. The summed E-state index contributed by atoms with van der Waals surface area (Å²) in [7, 11) is 0. The van der Waals surface area contributed by atoms with E-state index in [1.807, 2.05) is 11.8 Å². The lowest BCUT2D eigenvalue weighted by Crippen LogP contribution is -2.51. The SMILES string of the molecule is O=C(NCC1CNC1)NC1CCSCC1. The predicted molar refractivity (Wildman–Crippen MR) is 63.2 cm³/mol. The van der Waals surface area contributed by atoms with Crippen LogP contribution in [0, 0.1) is 5.92 Å². The summed E-state index contributed by atoms with van der Waals surface area (Å²) < 4.78 is 0. The molecule has 0 spiro atoms. The molecule has 2 aliphatic rings. The van der Waals surface area contributed by atoms with E-state index in [9.17, 15) is 4.79 Å². The monoisotopic (exact) mass is 229 g/mol. The Morgan fingerprint density at radius 2 is 2.07 bits per heavy atom. The van der Waals surface area contributed by atoms with Gasteiger partial charge in [0, 0.05) is 31.6 Å². The molecule has 2 aliphatic heterocycles.